The number of carbonyl (C=O) groups is 2. The molecule has 0 atom stereocenters. The molecule has 4 rings (SSSR count). The molecular weight excluding hydrogens is 426 g/mol. The fourth-order valence-corrected chi connectivity index (χ4v) is 4.25. The van der Waals surface area contributed by atoms with Gasteiger partial charge in [-0.15, -0.1) is 11.3 Å². The van der Waals surface area contributed by atoms with Crippen LogP contribution in [0.4, 0.5) is 5.69 Å². The number of fused-ring (bicyclic) bond motifs is 1. The smallest absolute Gasteiger partial charge is 0.338 e. The van der Waals surface area contributed by atoms with E-state index in [4.69, 9.17) is 10.1 Å². The summed E-state index contributed by atoms with van der Waals surface area (Å²) in [6.07, 6.45) is 0. The minimum atomic E-state index is -0.582. The number of aromatic nitrogens is 1. The van der Waals surface area contributed by atoms with Crippen LogP contribution in [0, 0.1) is 10.8 Å². The Labute approximate surface area is 189 Å². The number of anilines is 1. The third-order valence-corrected chi connectivity index (χ3v) is 6.25. The minimum absolute atomic E-state index is 0.0817. The molecule has 7 nitrogen and oxygen atoms in total. The maximum absolute atomic E-state index is 12.3. The molecule has 0 amide bonds. The van der Waals surface area contributed by atoms with Crippen LogP contribution in [0.1, 0.15) is 36.1 Å². The number of ketones is 1. The summed E-state index contributed by atoms with van der Waals surface area (Å²) >= 11 is 1.43. The summed E-state index contributed by atoms with van der Waals surface area (Å²) in [5, 5.41) is 19.8. The number of Topliss-reactive ketones (excluding diaryl/α,β-unsaturated/α-hetero) is 1. The number of hydrogen-bond donors (Lipinski definition) is 2. The molecule has 0 saturated heterocycles. The molecule has 1 aliphatic rings. The Morgan fingerprint density at radius 2 is 1.84 bits per heavy atom. The number of carbonyl (C=O) groups excluding carboxylic acids is 2. The molecule has 0 unspecified atom stereocenters. The zero-order chi connectivity index (χ0) is 23.0. The van der Waals surface area contributed by atoms with Gasteiger partial charge in [-0.3, -0.25) is 10.2 Å². The maximum Gasteiger partial charge on any atom is 0.338 e. The number of para-hydroxylation sites is 1. The Hall–Kier alpha value is -3.52. The predicted molar refractivity (Wildman–Crippen MR) is 125 cm³/mol. The minimum Gasteiger partial charge on any atom is -0.510 e. The Morgan fingerprint density at radius 3 is 2.50 bits per heavy atom. The molecule has 0 fully saturated rings. The van der Waals surface area contributed by atoms with E-state index in [-0.39, 0.29) is 30.5 Å². The van der Waals surface area contributed by atoms with Gasteiger partial charge >= 0.3 is 5.97 Å². The Kier molecular flexibility index (Phi) is 5.56. The summed E-state index contributed by atoms with van der Waals surface area (Å²) in [5.41, 5.74) is 1.63. The number of nitrogens with one attached hydrogen (secondary N) is 1. The summed E-state index contributed by atoms with van der Waals surface area (Å²) in [6.45, 7) is 5.19. The van der Waals surface area contributed by atoms with Crippen LogP contribution in [0.15, 0.2) is 54.3 Å². The van der Waals surface area contributed by atoms with Gasteiger partial charge in [0.25, 0.3) is 0 Å². The van der Waals surface area contributed by atoms with Crippen LogP contribution in [-0.4, -0.2) is 40.8 Å². The number of esters is 1. The summed E-state index contributed by atoms with van der Waals surface area (Å²) in [7, 11) is 0. The normalized spacial score (nSPS) is 14.3. The van der Waals surface area contributed by atoms with Crippen molar-refractivity contribution in [2.75, 3.05) is 18.1 Å². The maximum atomic E-state index is 12.3. The van der Waals surface area contributed by atoms with Crippen LogP contribution >= 0.6 is 11.3 Å². The van der Waals surface area contributed by atoms with Crippen molar-refractivity contribution in [3.8, 4) is 0 Å². The van der Waals surface area contributed by atoms with Gasteiger partial charge in [0, 0.05) is 11.1 Å². The largest absolute Gasteiger partial charge is 0.510 e. The molecule has 0 saturated carbocycles. The van der Waals surface area contributed by atoms with E-state index in [1.807, 2.05) is 24.3 Å². The summed E-state index contributed by atoms with van der Waals surface area (Å²) in [4.78, 5) is 30.4. The molecular formula is C24H23N3O4S. The lowest BCUT2D eigenvalue weighted by atomic mass is 9.91. The first-order valence-electron chi connectivity index (χ1n) is 10.1. The molecule has 32 heavy (non-hydrogen) atoms. The number of hydrogen-bond acceptors (Lipinski definition) is 7. The Morgan fingerprint density at radius 1 is 1.16 bits per heavy atom. The SMILES string of the molecule is CC(C)(C)C(=O)COC(=O)c1ccc(N2CC(O)=C(c3nc4ccccc4s3)C2=N)cc1. The first-order chi connectivity index (χ1) is 15.1. The quantitative estimate of drug-likeness (QED) is 0.541. The van der Waals surface area contributed by atoms with Gasteiger partial charge < -0.3 is 14.7 Å². The van der Waals surface area contributed by atoms with Crippen molar-refractivity contribution < 1.29 is 19.4 Å². The summed E-state index contributed by atoms with van der Waals surface area (Å²) in [6, 6.07) is 14.2. The fourth-order valence-electron chi connectivity index (χ4n) is 3.21. The molecule has 2 aromatic carbocycles. The molecule has 164 valence electrons. The van der Waals surface area contributed by atoms with E-state index in [1.165, 1.54) is 11.3 Å². The van der Waals surface area contributed by atoms with E-state index < -0.39 is 11.4 Å². The number of ether oxygens (including phenoxy) is 1. The highest BCUT2D eigenvalue weighted by Gasteiger charge is 2.31. The summed E-state index contributed by atoms with van der Waals surface area (Å²) < 4.78 is 6.11. The van der Waals surface area contributed by atoms with Crippen LogP contribution in [0.3, 0.4) is 0 Å². The molecule has 1 aliphatic heterocycles. The molecule has 0 spiro atoms. The van der Waals surface area contributed by atoms with Crippen LogP contribution in [-0.2, 0) is 9.53 Å². The highest BCUT2D eigenvalue weighted by molar-refractivity contribution is 7.19. The fraction of sp³-hybridized carbons (Fsp3) is 0.250. The Balaban J connectivity index is 1.47. The highest BCUT2D eigenvalue weighted by Crippen LogP contribution is 2.35. The topological polar surface area (TPSA) is 104 Å². The zero-order valence-electron chi connectivity index (χ0n) is 18.0. The molecule has 2 heterocycles. The van der Waals surface area contributed by atoms with Gasteiger partial charge in [-0.05, 0) is 36.4 Å². The average molecular weight is 450 g/mol. The average Bonchev–Trinajstić information content (AvgIpc) is 3.30. The van der Waals surface area contributed by atoms with Crippen molar-refractivity contribution in [1.82, 2.24) is 4.98 Å². The van der Waals surface area contributed by atoms with Crippen molar-refractivity contribution in [1.29, 1.82) is 5.41 Å². The number of amidine groups is 1. The predicted octanol–water partition coefficient (Wildman–Crippen LogP) is 4.83. The molecule has 2 N–H and O–H groups in total. The first-order valence-corrected chi connectivity index (χ1v) is 10.9. The lowest BCUT2D eigenvalue weighted by molar-refractivity contribution is -0.129. The van der Waals surface area contributed by atoms with E-state index in [0.29, 0.717) is 21.8 Å². The van der Waals surface area contributed by atoms with Gasteiger partial charge in [-0.1, -0.05) is 32.9 Å². The van der Waals surface area contributed by atoms with Crippen LogP contribution in [0.5, 0.6) is 0 Å². The van der Waals surface area contributed by atoms with E-state index in [1.54, 1.807) is 49.9 Å². The van der Waals surface area contributed by atoms with E-state index in [0.717, 1.165) is 10.2 Å². The lowest BCUT2D eigenvalue weighted by Crippen LogP contribution is -2.27. The van der Waals surface area contributed by atoms with E-state index >= 15 is 0 Å². The van der Waals surface area contributed by atoms with Gasteiger partial charge in [0.2, 0.25) is 0 Å². The van der Waals surface area contributed by atoms with E-state index in [2.05, 4.69) is 4.98 Å². The number of thiazole rings is 1. The van der Waals surface area contributed by atoms with Crippen molar-refractivity contribution >= 4 is 50.4 Å². The highest BCUT2D eigenvalue weighted by atomic mass is 32.1. The Bertz CT molecular complexity index is 1220. The molecule has 0 radical (unpaired) electrons. The van der Waals surface area contributed by atoms with Gasteiger partial charge in [0.15, 0.2) is 12.4 Å². The number of aliphatic hydroxyl groups excluding tert-OH is 1. The van der Waals surface area contributed by atoms with Crippen molar-refractivity contribution in [2.45, 2.75) is 20.8 Å². The van der Waals surface area contributed by atoms with Crippen LogP contribution in [0.25, 0.3) is 15.8 Å². The third-order valence-electron chi connectivity index (χ3n) is 5.20. The standard InChI is InChI=1S/C24H23N3O4S/c1-24(2,3)19(29)13-31-23(30)14-8-10-15(11-9-14)27-12-17(28)20(21(27)25)22-26-16-6-4-5-7-18(16)32-22/h4-11,25,28H,12-13H2,1-3H3. The van der Waals surface area contributed by atoms with Crippen LogP contribution in [0.2, 0.25) is 0 Å². The zero-order valence-corrected chi connectivity index (χ0v) is 18.8. The van der Waals surface area contributed by atoms with Crippen LogP contribution < -0.4 is 4.90 Å². The summed E-state index contributed by atoms with van der Waals surface area (Å²) in [5.74, 6) is -0.510. The van der Waals surface area contributed by atoms with Crippen molar-refractivity contribution in [3.05, 3.63) is 64.9 Å². The molecule has 0 bridgehead atoms. The first kappa shape index (κ1) is 21.7. The van der Waals surface area contributed by atoms with Gasteiger partial charge in [-0.2, -0.15) is 0 Å². The molecule has 3 aromatic rings. The number of benzene rings is 2. The molecule has 0 aliphatic carbocycles. The van der Waals surface area contributed by atoms with Gasteiger partial charge in [0.05, 0.1) is 27.9 Å². The second-order valence-corrected chi connectivity index (χ2v) is 9.57. The monoisotopic (exact) mass is 449 g/mol. The van der Waals surface area contributed by atoms with E-state index in [9.17, 15) is 14.7 Å². The second kappa shape index (κ2) is 8.20. The second-order valence-electron chi connectivity index (χ2n) is 8.54. The van der Waals surface area contributed by atoms with Gasteiger partial charge in [-0.25, -0.2) is 9.78 Å². The third kappa shape index (κ3) is 4.13. The molecule has 8 heteroatoms. The molecule has 1 aromatic heterocycles. The number of rotatable bonds is 5. The number of aliphatic hydroxyl groups is 1. The lowest BCUT2D eigenvalue weighted by Gasteiger charge is -2.19. The van der Waals surface area contributed by atoms with Gasteiger partial charge in [0.1, 0.15) is 16.6 Å². The number of nitrogens with zero attached hydrogens (tertiary/aromatic N) is 2. The van der Waals surface area contributed by atoms with Crippen molar-refractivity contribution in [3.63, 3.8) is 0 Å². The van der Waals surface area contributed by atoms with Crippen molar-refractivity contribution in [2.24, 2.45) is 5.41 Å².